The van der Waals surface area contributed by atoms with Gasteiger partial charge in [0.25, 0.3) is 0 Å². The third-order valence-corrected chi connectivity index (χ3v) is 13.3. The van der Waals surface area contributed by atoms with Crippen molar-refractivity contribution in [2.45, 2.75) is 79.1 Å². The molecular weight excluding hydrogens is 1080 g/mol. The van der Waals surface area contributed by atoms with Crippen molar-refractivity contribution < 1.29 is 47.8 Å². The molecule has 4 heteroatoms. The Balaban J connectivity index is 0.000000359. The van der Waals surface area contributed by atoms with Crippen LogP contribution in [-0.4, -0.2) is 6.51 Å². The average molecular weight is 1130 g/mol. The Kier molecular flexibility index (Phi) is 30.7. The Bertz CT molecular complexity index is 1730. The van der Waals surface area contributed by atoms with Gasteiger partial charge < -0.3 is 0 Å². The molecule has 0 heterocycles. The van der Waals surface area contributed by atoms with Crippen molar-refractivity contribution in [3.63, 3.8) is 0 Å². The second-order valence-corrected chi connectivity index (χ2v) is 16.5. The minimum atomic E-state index is 0. The van der Waals surface area contributed by atoms with E-state index in [1.54, 1.807) is 11.1 Å². The van der Waals surface area contributed by atoms with Gasteiger partial charge in [-0.3, -0.25) is 24.3 Å². The molecule has 0 saturated heterocycles. The molecule has 0 saturated carbocycles. The number of allylic oxidation sites excluding steroid dienone is 16. The molecular formula is C54H58Cl2Hf2. The van der Waals surface area contributed by atoms with Gasteiger partial charge >= 0.3 is 198 Å². The molecule has 4 aliphatic rings. The van der Waals surface area contributed by atoms with E-state index < -0.39 is 0 Å². The predicted octanol–water partition coefficient (Wildman–Crippen LogP) is 14.8. The number of hydrogen-bond acceptors (Lipinski definition) is 0. The maximum absolute atomic E-state index is 3.23. The summed E-state index contributed by atoms with van der Waals surface area (Å²) in [5.41, 5.74) is 11.6. The SMILES string of the molecule is CCC1=C(CC)C[C-]=C1.CCC1=C(CC)C[C-]=C1.Cl.Cl.[C-]1=CC=CC1.[C-]1=CC=CC1.[Hf+2]=[C](c1ccccc1)c1ccccc1.[Hf+2]=[C](c1ccccc1)c1ccccc1. The molecule has 0 fully saturated rings. The first kappa shape index (κ1) is 52.9. The molecule has 0 amide bonds. The Morgan fingerprint density at radius 1 is 0.431 bits per heavy atom. The van der Waals surface area contributed by atoms with Gasteiger partial charge in [-0.25, -0.2) is 36.5 Å². The van der Waals surface area contributed by atoms with Crippen molar-refractivity contribution in [3.05, 3.63) is 239 Å². The Morgan fingerprint density at radius 3 is 0.897 bits per heavy atom. The molecule has 296 valence electrons. The van der Waals surface area contributed by atoms with E-state index in [0.29, 0.717) is 0 Å². The topological polar surface area (TPSA) is 0 Å². The Hall–Kier alpha value is -3.14. The summed E-state index contributed by atoms with van der Waals surface area (Å²) in [4.78, 5) is 0. The summed E-state index contributed by atoms with van der Waals surface area (Å²) in [6.45, 7) is 8.83. The summed E-state index contributed by atoms with van der Waals surface area (Å²) >= 11 is 2.16. The Morgan fingerprint density at radius 2 is 0.724 bits per heavy atom. The summed E-state index contributed by atoms with van der Waals surface area (Å²) in [5, 5.41) is 0. The van der Waals surface area contributed by atoms with Crippen LogP contribution in [0.2, 0.25) is 0 Å². The summed E-state index contributed by atoms with van der Waals surface area (Å²) in [5.74, 6) is 0. The van der Waals surface area contributed by atoms with Gasteiger partial charge in [-0.1, -0.05) is 53.4 Å². The van der Waals surface area contributed by atoms with Crippen molar-refractivity contribution in [2.24, 2.45) is 0 Å². The minimum absolute atomic E-state index is 0. The van der Waals surface area contributed by atoms with E-state index in [0.717, 1.165) is 73.5 Å². The molecule has 0 atom stereocenters. The van der Waals surface area contributed by atoms with Crippen molar-refractivity contribution in [3.8, 4) is 0 Å². The van der Waals surface area contributed by atoms with E-state index in [4.69, 9.17) is 0 Å². The molecule has 0 N–H and O–H groups in total. The zero-order chi connectivity index (χ0) is 40.1. The van der Waals surface area contributed by atoms with Gasteiger partial charge in [-0.05, 0) is 0 Å². The van der Waals surface area contributed by atoms with Crippen molar-refractivity contribution >= 4 is 31.3 Å². The second-order valence-electron chi connectivity index (χ2n) is 12.9. The third kappa shape index (κ3) is 20.7. The first-order chi connectivity index (χ1) is 27.5. The predicted molar refractivity (Wildman–Crippen MR) is 250 cm³/mol. The van der Waals surface area contributed by atoms with Gasteiger partial charge in [0.2, 0.25) is 0 Å². The normalized spacial score (nSPS) is 13.2. The molecule has 0 spiro atoms. The molecule has 0 unspecified atom stereocenters. The van der Waals surface area contributed by atoms with Crippen LogP contribution < -0.4 is 0 Å². The molecule has 0 aromatic heterocycles. The number of halogens is 2. The molecule has 0 aliphatic heterocycles. The summed E-state index contributed by atoms with van der Waals surface area (Å²) < 4.78 is 2.93. The van der Waals surface area contributed by atoms with Crippen LogP contribution in [0.3, 0.4) is 0 Å². The molecule has 4 aliphatic carbocycles. The number of hydrogen-bond donors (Lipinski definition) is 0. The Labute approximate surface area is 393 Å². The van der Waals surface area contributed by atoms with E-state index in [9.17, 15) is 0 Å². The van der Waals surface area contributed by atoms with Crippen LogP contribution in [-0.2, 0) is 47.8 Å². The average Bonchev–Trinajstić information content (AvgIpc) is 4.15. The van der Waals surface area contributed by atoms with E-state index in [-0.39, 0.29) is 24.8 Å². The fourth-order valence-corrected chi connectivity index (χ4v) is 8.26. The fraction of sp³-hybridized carbons (Fsp3) is 0.222. The molecule has 0 radical (unpaired) electrons. The quantitative estimate of drug-likeness (QED) is 0.122. The van der Waals surface area contributed by atoms with Crippen LogP contribution in [0.25, 0.3) is 0 Å². The number of rotatable bonds is 8. The van der Waals surface area contributed by atoms with E-state index in [2.05, 4.69) is 198 Å². The van der Waals surface area contributed by atoms with Crippen LogP contribution in [0.1, 0.15) is 101 Å². The molecule has 0 nitrogen and oxygen atoms in total. The second kappa shape index (κ2) is 33.7. The van der Waals surface area contributed by atoms with Crippen LogP contribution in [0.15, 0.2) is 192 Å². The van der Waals surface area contributed by atoms with Gasteiger partial charge in [0, 0.05) is 0 Å². The van der Waals surface area contributed by atoms with Crippen LogP contribution in [0, 0.1) is 24.3 Å². The summed E-state index contributed by atoms with van der Waals surface area (Å²) in [6.07, 6.45) is 37.6. The summed E-state index contributed by atoms with van der Waals surface area (Å²) in [6, 6.07) is 42.4. The first-order valence-electron chi connectivity index (χ1n) is 19.9. The van der Waals surface area contributed by atoms with Gasteiger partial charge in [0.1, 0.15) is 0 Å². The standard InChI is InChI=1S/2C13H10.2C9H13.2C5H5.2ClH.2Hf/c2*1-3-7-12(8-4-1)11-13-9-5-2-6-10-13;2*1-3-8-6-5-7-9(8)4-2;2*1-2-4-5-3-1;;;;/h2*1-10H;2*6H,3-4,7H2,1-2H3;2*1-3H,4H2;2*1H;;/q;;4*-1;;;2*+2. The molecule has 58 heavy (non-hydrogen) atoms. The molecule has 4 aromatic rings. The molecule has 4 aromatic carbocycles. The molecule has 8 rings (SSSR count). The van der Waals surface area contributed by atoms with E-state index in [1.807, 2.05) is 24.3 Å². The monoisotopic (exact) mass is 1140 g/mol. The third-order valence-electron chi connectivity index (χ3n) is 9.13. The summed E-state index contributed by atoms with van der Waals surface area (Å²) in [7, 11) is 0. The van der Waals surface area contributed by atoms with E-state index in [1.165, 1.54) is 65.6 Å². The molecule has 0 bridgehead atoms. The first-order valence-corrected chi connectivity index (χ1v) is 23.5. The van der Waals surface area contributed by atoms with Crippen molar-refractivity contribution in [2.75, 3.05) is 0 Å². The zero-order valence-corrected chi connectivity index (χ0v) is 43.5. The van der Waals surface area contributed by atoms with Gasteiger partial charge in [0.05, 0.1) is 0 Å². The van der Waals surface area contributed by atoms with Crippen LogP contribution in [0.4, 0.5) is 0 Å². The van der Waals surface area contributed by atoms with Crippen LogP contribution >= 0.6 is 24.8 Å². The number of benzene rings is 4. The van der Waals surface area contributed by atoms with Gasteiger partial charge in [-0.15, -0.1) is 50.5 Å². The van der Waals surface area contributed by atoms with E-state index >= 15 is 0 Å². The zero-order valence-electron chi connectivity index (χ0n) is 34.6. The van der Waals surface area contributed by atoms with Crippen molar-refractivity contribution in [1.82, 2.24) is 0 Å². The van der Waals surface area contributed by atoms with Gasteiger partial charge in [-0.2, -0.15) is 34.4 Å². The fourth-order valence-electron chi connectivity index (χ4n) is 5.87. The van der Waals surface area contributed by atoms with Gasteiger partial charge in [0.15, 0.2) is 0 Å². The van der Waals surface area contributed by atoms with Crippen LogP contribution in [0.5, 0.6) is 0 Å². The maximum atomic E-state index is 3.23. The van der Waals surface area contributed by atoms with Crippen molar-refractivity contribution in [1.29, 1.82) is 0 Å².